The molecule has 2 fully saturated rings. The van der Waals surface area contributed by atoms with E-state index in [0.717, 1.165) is 25.8 Å². The van der Waals surface area contributed by atoms with Crippen LogP contribution in [0.4, 0.5) is 0 Å². The van der Waals surface area contributed by atoms with Gasteiger partial charge in [0.1, 0.15) is 0 Å². The number of piperidine rings is 1. The van der Waals surface area contributed by atoms with E-state index in [1.165, 1.54) is 37.2 Å². The predicted octanol–water partition coefficient (Wildman–Crippen LogP) is 3.92. The minimum Gasteiger partial charge on any atom is -0.340 e. The van der Waals surface area contributed by atoms with Gasteiger partial charge in [-0.3, -0.25) is 4.79 Å². The Morgan fingerprint density at radius 2 is 2.05 bits per heavy atom. The first kappa shape index (κ1) is 15.5. The van der Waals surface area contributed by atoms with Gasteiger partial charge in [0.05, 0.1) is 0 Å². The number of hydrogen-bond acceptors (Lipinski definition) is 2. The summed E-state index contributed by atoms with van der Waals surface area (Å²) in [6.45, 7) is 2.99. The Hall–Kier alpha value is 0.110. The molecule has 0 radical (unpaired) electrons. The molecule has 110 valence electrons. The normalized spacial score (nSPS) is 27.3. The third kappa shape index (κ3) is 4.86. The summed E-state index contributed by atoms with van der Waals surface area (Å²) in [5.74, 6) is 3.49. The van der Waals surface area contributed by atoms with E-state index in [0.29, 0.717) is 17.9 Å². The zero-order valence-corrected chi connectivity index (χ0v) is 13.5. The average molecular weight is 304 g/mol. The van der Waals surface area contributed by atoms with Crippen molar-refractivity contribution in [1.82, 2.24) is 4.90 Å². The summed E-state index contributed by atoms with van der Waals surface area (Å²) < 4.78 is 0. The first-order chi connectivity index (χ1) is 9.16. The van der Waals surface area contributed by atoms with E-state index in [2.05, 4.69) is 4.90 Å². The number of thioether (sulfide) groups is 1. The topological polar surface area (TPSA) is 20.3 Å². The number of hydrogen-bond donors (Lipinski definition) is 0. The van der Waals surface area contributed by atoms with Crippen molar-refractivity contribution in [1.29, 1.82) is 0 Å². The molecule has 2 atom stereocenters. The fraction of sp³-hybridized carbons (Fsp3) is 0.933. The summed E-state index contributed by atoms with van der Waals surface area (Å²) in [6.07, 6.45) is 7.73. The molecule has 0 aromatic rings. The fourth-order valence-corrected chi connectivity index (χ4v) is 4.67. The monoisotopic (exact) mass is 303 g/mol. The van der Waals surface area contributed by atoms with Crippen LogP contribution in [0.25, 0.3) is 0 Å². The van der Waals surface area contributed by atoms with Crippen molar-refractivity contribution in [3.8, 4) is 0 Å². The number of carbonyl (C=O) groups is 1. The molecule has 0 aliphatic carbocycles. The molecular formula is C15H26ClNOS. The molecule has 2 heterocycles. The van der Waals surface area contributed by atoms with Crippen LogP contribution in [-0.2, 0) is 4.79 Å². The molecule has 2 saturated heterocycles. The van der Waals surface area contributed by atoms with Gasteiger partial charge >= 0.3 is 0 Å². The smallest absolute Gasteiger partial charge is 0.223 e. The quantitative estimate of drug-likeness (QED) is 0.734. The Labute approximate surface area is 126 Å². The number of halogens is 1. The van der Waals surface area contributed by atoms with Gasteiger partial charge in [0, 0.05) is 24.4 Å². The highest BCUT2D eigenvalue weighted by Crippen LogP contribution is 2.28. The Morgan fingerprint density at radius 3 is 2.74 bits per heavy atom. The van der Waals surface area contributed by atoms with E-state index < -0.39 is 0 Å². The van der Waals surface area contributed by atoms with Crippen molar-refractivity contribution < 1.29 is 4.79 Å². The number of carbonyl (C=O) groups excluding carboxylic acids is 1. The summed E-state index contributed by atoms with van der Waals surface area (Å²) in [6, 6.07) is 0.395. The first-order valence-electron chi connectivity index (χ1n) is 7.68. The second-order valence-electron chi connectivity index (χ2n) is 6.01. The molecule has 2 aliphatic rings. The Morgan fingerprint density at radius 1 is 1.32 bits per heavy atom. The molecule has 19 heavy (non-hydrogen) atoms. The average Bonchev–Trinajstić information content (AvgIpc) is 2.39. The highest BCUT2D eigenvalue weighted by molar-refractivity contribution is 7.99. The van der Waals surface area contributed by atoms with Crippen molar-refractivity contribution in [2.24, 2.45) is 5.92 Å². The van der Waals surface area contributed by atoms with Gasteiger partial charge in [-0.05, 0) is 62.9 Å². The van der Waals surface area contributed by atoms with Gasteiger partial charge in [-0.25, -0.2) is 0 Å². The fourth-order valence-electron chi connectivity index (χ4n) is 3.26. The number of likely N-dealkylation sites (tertiary alicyclic amines) is 1. The van der Waals surface area contributed by atoms with Crippen LogP contribution in [0.2, 0.25) is 0 Å². The van der Waals surface area contributed by atoms with Crippen LogP contribution in [-0.4, -0.2) is 40.3 Å². The highest BCUT2D eigenvalue weighted by Gasteiger charge is 2.29. The van der Waals surface area contributed by atoms with Crippen LogP contribution < -0.4 is 0 Å². The van der Waals surface area contributed by atoms with E-state index in [9.17, 15) is 4.79 Å². The molecule has 0 aromatic heterocycles. The Balaban J connectivity index is 1.87. The van der Waals surface area contributed by atoms with E-state index >= 15 is 0 Å². The second kappa shape index (κ2) is 7.78. The molecule has 2 rings (SSSR count). The van der Waals surface area contributed by atoms with Crippen molar-refractivity contribution in [2.75, 3.05) is 18.1 Å². The minimum absolute atomic E-state index is 0.171. The van der Waals surface area contributed by atoms with Gasteiger partial charge in [-0.1, -0.05) is 0 Å². The lowest BCUT2D eigenvalue weighted by molar-refractivity contribution is -0.136. The van der Waals surface area contributed by atoms with Crippen LogP contribution in [0.15, 0.2) is 0 Å². The molecule has 0 N–H and O–H groups in total. The maximum absolute atomic E-state index is 12.5. The molecule has 2 nitrogen and oxygen atoms in total. The number of amides is 1. The van der Waals surface area contributed by atoms with Crippen LogP contribution >= 0.6 is 23.4 Å². The van der Waals surface area contributed by atoms with Gasteiger partial charge in [0.2, 0.25) is 5.91 Å². The lowest BCUT2D eigenvalue weighted by atomic mass is 9.94. The zero-order valence-electron chi connectivity index (χ0n) is 11.9. The minimum atomic E-state index is 0.171. The standard InChI is InChI=1S/C15H26ClNOS/c1-12(16)10-14-4-2-3-7-17(14)15(18)11-13-5-8-19-9-6-13/h12-14H,2-11H2,1H3. The Kier molecular flexibility index (Phi) is 6.34. The maximum Gasteiger partial charge on any atom is 0.223 e. The summed E-state index contributed by atoms with van der Waals surface area (Å²) in [5.41, 5.74) is 0. The number of rotatable bonds is 4. The Bertz CT molecular complexity index is 292. The van der Waals surface area contributed by atoms with Crippen molar-refractivity contribution in [3.63, 3.8) is 0 Å². The van der Waals surface area contributed by atoms with Crippen molar-refractivity contribution in [2.45, 2.75) is 63.3 Å². The van der Waals surface area contributed by atoms with Crippen LogP contribution in [0, 0.1) is 5.92 Å². The van der Waals surface area contributed by atoms with E-state index in [4.69, 9.17) is 11.6 Å². The molecule has 1 amide bonds. The molecule has 2 unspecified atom stereocenters. The lowest BCUT2D eigenvalue weighted by Crippen LogP contribution is -2.45. The summed E-state index contributed by atoms with van der Waals surface area (Å²) in [7, 11) is 0. The molecule has 2 aliphatic heterocycles. The molecule has 0 spiro atoms. The highest BCUT2D eigenvalue weighted by atomic mass is 35.5. The third-order valence-electron chi connectivity index (χ3n) is 4.35. The van der Waals surface area contributed by atoms with Gasteiger partial charge in [0.15, 0.2) is 0 Å². The van der Waals surface area contributed by atoms with Crippen LogP contribution in [0.1, 0.15) is 51.9 Å². The number of nitrogens with zero attached hydrogens (tertiary/aromatic N) is 1. The molecule has 0 aromatic carbocycles. The van der Waals surface area contributed by atoms with Crippen molar-refractivity contribution in [3.05, 3.63) is 0 Å². The van der Waals surface area contributed by atoms with Crippen molar-refractivity contribution >= 4 is 29.3 Å². The van der Waals surface area contributed by atoms with Gasteiger partial charge < -0.3 is 4.90 Å². The molecular weight excluding hydrogens is 278 g/mol. The first-order valence-corrected chi connectivity index (χ1v) is 9.27. The van der Waals surface area contributed by atoms with E-state index in [1.54, 1.807) is 0 Å². The largest absolute Gasteiger partial charge is 0.340 e. The zero-order chi connectivity index (χ0) is 13.7. The maximum atomic E-state index is 12.5. The second-order valence-corrected chi connectivity index (χ2v) is 7.98. The molecule has 4 heteroatoms. The lowest BCUT2D eigenvalue weighted by Gasteiger charge is -2.37. The third-order valence-corrected chi connectivity index (χ3v) is 5.58. The van der Waals surface area contributed by atoms with E-state index in [1.807, 2.05) is 18.7 Å². The van der Waals surface area contributed by atoms with Gasteiger partial charge in [0.25, 0.3) is 0 Å². The predicted molar refractivity (Wildman–Crippen MR) is 84.0 cm³/mol. The summed E-state index contributed by atoms with van der Waals surface area (Å²) >= 11 is 8.16. The SMILES string of the molecule is CC(Cl)CC1CCCCN1C(=O)CC1CCSCC1. The van der Waals surface area contributed by atoms with Crippen LogP contribution in [0.5, 0.6) is 0 Å². The van der Waals surface area contributed by atoms with Gasteiger partial charge in [-0.2, -0.15) is 11.8 Å². The van der Waals surface area contributed by atoms with Crippen LogP contribution in [0.3, 0.4) is 0 Å². The summed E-state index contributed by atoms with van der Waals surface area (Å²) in [5, 5.41) is 0.171. The number of alkyl halides is 1. The summed E-state index contributed by atoms with van der Waals surface area (Å²) in [4.78, 5) is 14.7. The van der Waals surface area contributed by atoms with Gasteiger partial charge in [-0.15, -0.1) is 11.6 Å². The molecule has 0 bridgehead atoms. The van der Waals surface area contributed by atoms with E-state index in [-0.39, 0.29) is 5.38 Å². The molecule has 0 saturated carbocycles.